The summed E-state index contributed by atoms with van der Waals surface area (Å²) in [7, 11) is 4.98. The maximum absolute atomic E-state index is 12.5. The van der Waals surface area contributed by atoms with Crippen molar-refractivity contribution in [2.24, 2.45) is 0 Å². The number of thiocarbonyl (C=S) groups is 1. The Balaban J connectivity index is 2.61. The minimum atomic E-state index is -0.474. The number of rotatable bonds is 5. The van der Waals surface area contributed by atoms with Gasteiger partial charge in [-0.05, 0) is 44.3 Å². The molecule has 7 heteroatoms. The molecule has 1 atom stereocenters. The predicted molar refractivity (Wildman–Crippen MR) is 95.1 cm³/mol. The number of nitrogens with zero attached hydrogens (tertiary/aromatic N) is 1. The van der Waals surface area contributed by atoms with Gasteiger partial charge in [0.2, 0.25) is 0 Å². The van der Waals surface area contributed by atoms with Gasteiger partial charge in [0.05, 0.1) is 32.4 Å². The molecule has 24 heavy (non-hydrogen) atoms. The van der Waals surface area contributed by atoms with Gasteiger partial charge in [0.1, 0.15) is 11.5 Å². The normalized spacial score (nSPS) is 17.5. The van der Waals surface area contributed by atoms with Crippen molar-refractivity contribution in [1.29, 1.82) is 0 Å². The lowest BCUT2D eigenvalue weighted by Crippen LogP contribution is -2.46. The van der Waals surface area contributed by atoms with E-state index in [0.29, 0.717) is 28.8 Å². The van der Waals surface area contributed by atoms with E-state index in [4.69, 9.17) is 26.4 Å². The van der Waals surface area contributed by atoms with Crippen LogP contribution in [0.25, 0.3) is 0 Å². The molecule has 0 aliphatic carbocycles. The Kier molecular flexibility index (Phi) is 5.66. The molecule has 0 spiro atoms. The molecular formula is C17H22N2O4S. The molecule has 0 unspecified atom stereocenters. The molecule has 1 N–H and O–H groups in total. The van der Waals surface area contributed by atoms with Crippen molar-refractivity contribution in [3.05, 3.63) is 35.0 Å². The summed E-state index contributed by atoms with van der Waals surface area (Å²) in [5.74, 6) is 0.917. The number of hydrogen-bond acceptors (Lipinski definition) is 5. The summed E-state index contributed by atoms with van der Waals surface area (Å²) in [5, 5.41) is 3.71. The number of allylic oxidation sites excluding steroid dienone is 1. The number of carbonyl (C=O) groups is 1. The second kappa shape index (κ2) is 7.53. The highest BCUT2D eigenvalue weighted by atomic mass is 32.1. The van der Waals surface area contributed by atoms with Gasteiger partial charge >= 0.3 is 5.97 Å². The van der Waals surface area contributed by atoms with E-state index in [1.807, 2.05) is 20.0 Å². The molecule has 0 fully saturated rings. The maximum Gasteiger partial charge on any atom is 0.338 e. The van der Waals surface area contributed by atoms with E-state index in [0.717, 1.165) is 11.3 Å². The number of carbonyl (C=O) groups excluding carboxylic acids is 1. The molecule has 0 saturated carbocycles. The van der Waals surface area contributed by atoms with Crippen LogP contribution in [0.1, 0.15) is 25.5 Å². The molecular weight excluding hydrogens is 328 g/mol. The first-order valence-electron chi connectivity index (χ1n) is 7.58. The van der Waals surface area contributed by atoms with Crippen molar-refractivity contribution in [3.63, 3.8) is 0 Å². The number of methoxy groups -OCH3 is 2. The summed E-state index contributed by atoms with van der Waals surface area (Å²) in [6, 6.07) is 4.96. The van der Waals surface area contributed by atoms with Crippen LogP contribution in [0.2, 0.25) is 0 Å². The smallest absolute Gasteiger partial charge is 0.338 e. The highest BCUT2D eigenvalue weighted by molar-refractivity contribution is 7.80. The Morgan fingerprint density at radius 3 is 2.62 bits per heavy atom. The lowest BCUT2D eigenvalue weighted by atomic mass is 9.94. The van der Waals surface area contributed by atoms with E-state index in [2.05, 4.69) is 5.32 Å². The summed E-state index contributed by atoms with van der Waals surface area (Å²) in [6.45, 7) is 3.92. The molecule has 1 aliphatic heterocycles. The van der Waals surface area contributed by atoms with Crippen molar-refractivity contribution in [2.75, 3.05) is 27.9 Å². The van der Waals surface area contributed by atoms with Gasteiger partial charge in [-0.25, -0.2) is 4.79 Å². The van der Waals surface area contributed by atoms with Gasteiger partial charge < -0.3 is 24.4 Å². The van der Waals surface area contributed by atoms with Gasteiger partial charge in [0, 0.05) is 18.3 Å². The SMILES string of the molecule is CCOC(=O)C1=C(C)N(C)C(=S)N[C@H]1c1cc(OC)ccc1OC. The van der Waals surface area contributed by atoms with Gasteiger partial charge in [-0.15, -0.1) is 0 Å². The first-order chi connectivity index (χ1) is 11.4. The van der Waals surface area contributed by atoms with E-state index in [-0.39, 0.29) is 5.97 Å². The first kappa shape index (κ1) is 18.1. The summed E-state index contributed by atoms with van der Waals surface area (Å²) in [6.07, 6.45) is 0. The van der Waals surface area contributed by atoms with Crippen LogP contribution in [-0.2, 0) is 9.53 Å². The average molecular weight is 350 g/mol. The quantitative estimate of drug-likeness (QED) is 0.646. The third-order valence-corrected chi connectivity index (χ3v) is 4.39. The van der Waals surface area contributed by atoms with Crippen molar-refractivity contribution in [2.45, 2.75) is 19.9 Å². The predicted octanol–water partition coefficient (Wildman–Crippen LogP) is 2.40. The number of hydrogen-bond donors (Lipinski definition) is 1. The average Bonchev–Trinajstić information content (AvgIpc) is 2.58. The fourth-order valence-corrected chi connectivity index (χ4v) is 2.86. The van der Waals surface area contributed by atoms with Crippen LogP contribution in [-0.4, -0.2) is 43.9 Å². The molecule has 0 aromatic heterocycles. The maximum atomic E-state index is 12.5. The molecule has 6 nitrogen and oxygen atoms in total. The van der Waals surface area contributed by atoms with Crippen molar-refractivity contribution in [1.82, 2.24) is 10.2 Å². The molecule has 0 radical (unpaired) electrons. The van der Waals surface area contributed by atoms with Crippen molar-refractivity contribution < 1.29 is 19.0 Å². The molecule has 1 aromatic carbocycles. The minimum Gasteiger partial charge on any atom is -0.497 e. The molecule has 0 saturated heterocycles. The van der Waals surface area contributed by atoms with E-state index >= 15 is 0 Å². The van der Waals surface area contributed by atoms with E-state index in [9.17, 15) is 4.79 Å². The van der Waals surface area contributed by atoms with E-state index in [1.54, 1.807) is 38.2 Å². The van der Waals surface area contributed by atoms with Crippen LogP contribution in [0.15, 0.2) is 29.5 Å². The van der Waals surface area contributed by atoms with Gasteiger partial charge in [-0.3, -0.25) is 0 Å². The fourth-order valence-electron chi connectivity index (χ4n) is 2.61. The minimum absolute atomic E-state index is 0.297. The Bertz CT molecular complexity index is 687. The van der Waals surface area contributed by atoms with Gasteiger partial charge in [0.15, 0.2) is 5.11 Å². The zero-order chi connectivity index (χ0) is 17.9. The Morgan fingerprint density at radius 2 is 2.04 bits per heavy atom. The lowest BCUT2D eigenvalue weighted by molar-refractivity contribution is -0.139. The molecule has 0 bridgehead atoms. The number of ether oxygens (including phenoxy) is 3. The molecule has 2 rings (SSSR count). The van der Waals surface area contributed by atoms with Crippen LogP contribution in [0.4, 0.5) is 0 Å². The third-order valence-electron chi connectivity index (χ3n) is 4.00. The summed E-state index contributed by atoms with van der Waals surface area (Å²) in [5.41, 5.74) is 2.00. The number of nitrogens with one attached hydrogen (secondary N) is 1. The Labute approximate surface area is 147 Å². The van der Waals surface area contributed by atoms with E-state index in [1.165, 1.54) is 0 Å². The number of benzene rings is 1. The summed E-state index contributed by atoms with van der Waals surface area (Å²) in [4.78, 5) is 14.3. The molecule has 0 amide bonds. The first-order valence-corrected chi connectivity index (χ1v) is 7.99. The molecule has 1 aromatic rings. The third kappa shape index (κ3) is 3.31. The van der Waals surface area contributed by atoms with E-state index < -0.39 is 6.04 Å². The zero-order valence-electron chi connectivity index (χ0n) is 14.5. The summed E-state index contributed by atoms with van der Waals surface area (Å²) < 4.78 is 16.0. The van der Waals surface area contributed by atoms with Crippen molar-refractivity contribution in [3.8, 4) is 11.5 Å². The van der Waals surface area contributed by atoms with Gasteiger partial charge in [-0.2, -0.15) is 0 Å². The van der Waals surface area contributed by atoms with Gasteiger partial charge in [-0.1, -0.05) is 0 Å². The Hall–Kier alpha value is -2.28. The summed E-state index contributed by atoms with van der Waals surface area (Å²) >= 11 is 5.38. The molecule has 130 valence electrons. The zero-order valence-corrected chi connectivity index (χ0v) is 15.3. The molecule has 1 aliphatic rings. The second-order valence-electron chi connectivity index (χ2n) is 5.27. The Morgan fingerprint density at radius 1 is 1.33 bits per heavy atom. The van der Waals surface area contributed by atoms with Crippen LogP contribution in [0, 0.1) is 0 Å². The lowest BCUT2D eigenvalue weighted by Gasteiger charge is -2.35. The molecule has 1 heterocycles. The second-order valence-corrected chi connectivity index (χ2v) is 5.66. The topological polar surface area (TPSA) is 60.0 Å². The van der Waals surface area contributed by atoms with Crippen LogP contribution < -0.4 is 14.8 Å². The van der Waals surface area contributed by atoms with Gasteiger partial charge in [0.25, 0.3) is 0 Å². The highest BCUT2D eigenvalue weighted by Crippen LogP contribution is 2.37. The van der Waals surface area contributed by atoms with Crippen molar-refractivity contribution >= 4 is 23.3 Å². The highest BCUT2D eigenvalue weighted by Gasteiger charge is 2.35. The fraction of sp³-hybridized carbons (Fsp3) is 0.412. The van der Waals surface area contributed by atoms with Crippen LogP contribution >= 0.6 is 12.2 Å². The number of esters is 1. The standard InChI is InChI=1S/C17H22N2O4S/c1-6-23-16(20)14-10(2)19(3)17(24)18-15(14)12-9-11(21-4)7-8-13(12)22-5/h7-9,15H,6H2,1-5H3,(H,18,24)/t15-/m0/s1. The van der Waals surface area contributed by atoms with Crippen LogP contribution in [0.3, 0.4) is 0 Å². The largest absolute Gasteiger partial charge is 0.497 e. The monoisotopic (exact) mass is 350 g/mol. The van der Waals surface area contributed by atoms with Crippen LogP contribution in [0.5, 0.6) is 11.5 Å².